The average molecular weight is 485 g/mol. The summed E-state index contributed by atoms with van der Waals surface area (Å²) in [5, 5.41) is 4.10. The molecule has 0 N–H and O–H groups in total. The Morgan fingerprint density at radius 2 is 1.91 bits per heavy atom. The highest BCUT2D eigenvalue weighted by atomic mass is 16.5. The van der Waals surface area contributed by atoms with E-state index < -0.39 is 0 Å². The molecule has 1 aliphatic rings. The molecule has 3 rings (SSSR count). The van der Waals surface area contributed by atoms with E-state index in [-0.39, 0.29) is 12.4 Å². The molecule has 1 aliphatic heterocycles. The molecule has 194 valence electrons. The number of aryl methyl sites for hydroxylation is 1. The molecule has 0 bridgehead atoms. The summed E-state index contributed by atoms with van der Waals surface area (Å²) in [4.78, 5) is 13.5. The van der Waals surface area contributed by atoms with Gasteiger partial charge < -0.3 is 18.9 Å². The Balaban J connectivity index is 0.000000926. The molecule has 0 aliphatic carbocycles. The SMILES string of the molecule is C/C=C\C.C=C1Cc2ccccc2N(CCCCCc2cc(COCCC(=O)OC)on2)C1.CC. The maximum absolute atomic E-state index is 11.0. The molecule has 1 aromatic heterocycles. The summed E-state index contributed by atoms with van der Waals surface area (Å²) in [6.45, 7) is 14.8. The van der Waals surface area contributed by atoms with Gasteiger partial charge in [0.25, 0.3) is 0 Å². The average Bonchev–Trinajstić information content (AvgIpc) is 3.35. The minimum absolute atomic E-state index is 0.242. The topological polar surface area (TPSA) is 64.8 Å². The summed E-state index contributed by atoms with van der Waals surface area (Å²) in [5.74, 6) is 0.411. The normalized spacial score (nSPS) is 12.4. The predicted octanol–water partition coefficient (Wildman–Crippen LogP) is 6.69. The Kier molecular flexibility index (Phi) is 15.9. The van der Waals surface area contributed by atoms with Crippen LogP contribution in [0.5, 0.6) is 0 Å². The number of hydrogen-bond acceptors (Lipinski definition) is 6. The number of carbonyl (C=O) groups is 1. The van der Waals surface area contributed by atoms with Gasteiger partial charge in [-0.1, -0.05) is 67.9 Å². The number of nitrogens with zero attached hydrogens (tertiary/aromatic N) is 2. The predicted molar refractivity (Wildman–Crippen MR) is 144 cm³/mol. The molecule has 1 aromatic carbocycles. The van der Waals surface area contributed by atoms with Crippen molar-refractivity contribution < 1.29 is 18.8 Å². The number of fused-ring (bicyclic) bond motifs is 1. The summed E-state index contributed by atoms with van der Waals surface area (Å²) in [7, 11) is 1.37. The smallest absolute Gasteiger partial charge is 0.307 e. The van der Waals surface area contributed by atoms with Gasteiger partial charge in [-0.25, -0.2) is 0 Å². The van der Waals surface area contributed by atoms with Crippen molar-refractivity contribution in [2.45, 2.75) is 72.8 Å². The molecule has 0 radical (unpaired) electrons. The molecule has 2 heterocycles. The number of methoxy groups -OCH3 is 1. The Hall–Kier alpha value is -2.86. The maximum atomic E-state index is 11.0. The van der Waals surface area contributed by atoms with Crippen molar-refractivity contribution in [3.8, 4) is 0 Å². The van der Waals surface area contributed by atoms with Crippen LogP contribution in [0.15, 0.2) is 59.2 Å². The van der Waals surface area contributed by atoms with E-state index in [1.165, 1.54) is 23.9 Å². The van der Waals surface area contributed by atoms with E-state index in [0.717, 1.165) is 50.9 Å². The van der Waals surface area contributed by atoms with Gasteiger partial charge in [0.05, 0.1) is 25.8 Å². The van der Waals surface area contributed by atoms with Crippen LogP contribution in [0, 0.1) is 0 Å². The van der Waals surface area contributed by atoms with Gasteiger partial charge in [-0.2, -0.15) is 0 Å². The Labute approximate surface area is 212 Å². The Bertz CT molecular complexity index is 884. The molecule has 0 unspecified atom stereocenters. The van der Waals surface area contributed by atoms with Crippen LogP contribution in [0.3, 0.4) is 0 Å². The largest absolute Gasteiger partial charge is 0.469 e. The van der Waals surface area contributed by atoms with Crippen LogP contribution in [-0.2, 0) is 33.7 Å². The lowest BCUT2D eigenvalue weighted by Crippen LogP contribution is -2.31. The molecule has 6 nitrogen and oxygen atoms in total. The van der Waals surface area contributed by atoms with Gasteiger partial charge in [0.2, 0.25) is 0 Å². The monoisotopic (exact) mass is 484 g/mol. The molecule has 0 amide bonds. The van der Waals surface area contributed by atoms with E-state index in [4.69, 9.17) is 9.26 Å². The Morgan fingerprint density at radius 1 is 1.17 bits per heavy atom. The number of allylic oxidation sites excluding steroid dienone is 2. The molecule has 2 aromatic rings. The molecular weight excluding hydrogens is 440 g/mol. The highest BCUT2D eigenvalue weighted by molar-refractivity contribution is 5.69. The van der Waals surface area contributed by atoms with Crippen LogP contribution in [0.1, 0.15) is 70.4 Å². The van der Waals surface area contributed by atoms with Gasteiger partial charge >= 0.3 is 5.97 Å². The molecule has 35 heavy (non-hydrogen) atoms. The van der Waals surface area contributed by atoms with E-state index in [1.54, 1.807) is 0 Å². The second kappa shape index (κ2) is 18.5. The minimum Gasteiger partial charge on any atom is -0.469 e. The van der Waals surface area contributed by atoms with Crippen molar-refractivity contribution in [1.29, 1.82) is 0 Å². The summed E-state index contributed by atoms with van der Waals surface area (Å²) >= 11 is 0. The van der Waals surface area contributed by atoms with Crippen molar-refractivity contribution in [3.05, 3.63) is 71.7 Å². The van der Waals surface area contributed by atoms with Crippen molar-refractivity contribution >= 4 is 11.7 Å². The van der Waals surface area contributed by atoms with Gasteiger partial charge in [-0.15, -0.1) is 0 Å². The zero-order valence-electron chi connectivity index (χ0n) is 22.3. The first kappa shape index (κ1) is 30.2. The fourth-order valence-corrected chi connectivity index (χ4v) is 3.61. The van der Waals surface area contributed by atoms with Crippen LogP contribution >= 0.6 is 0 Å². The van der Waals surface area contributed by atoms with Crippen molar-refractivity contribution in [3.63, 3.8) is 0 Å². The summed E-state index contributed by atoms with van der Waals surface area (Å²) < 4.78 is 15.3. The number of benzene rings is 1. The van der Waals surface area contributed by atoms with Crippen LogP contribution in [0.2, 0.25) is 0 Å². The van der Waals surface area contributed by atoms with Crippen LogP contribution < -0.4 is 4.90 Å². The van der Waals surface area contributed by atoms with Gasteiger partial charge in [0.1, 0.15) is 6.61 Å². The summed E-state index contributed by atoms with van der Waals surface area (Å²) in [6, 6.07) is 10.6. The molecule has 0 saturated heterocycles. The number of ether oxygens (including phenoxy) is 2. The lowest BCUT2D eigenvalue weighted by molar-refractivity contribution is -0.142. The molecular formula is C29H44N2O4. The fraction of sp³-hybridized carbons (Fsp3) is 0.517. The highest BCUT2D eigenvalue weighted by Gasteiger charge is 2.17. The molecule has 0 spiro atoms. The minimum atomic E-state index is -0.277. The third kappa shape index (κ3) is 11.9. The second-order valence-electron chi connectivity index (χ2n) is 8.12. The van der Waals surface area contributed by atoms with E-state index in [2.05, 4.69) is 45.6 Å². The number of unbranched alkanes of at least 4 members (excludes halogenated alkanes) is 2. The molecule has 0 atom stereocenters. The molecule has 0 saturated carbocycles. The van der Waals surface area contributed by atoms with Gasteiger partial charge in [0.15, 0.2) is 5.76 Å². The molecule has 6 heteroatoms. The van der Waals surface area contributed by atoms with Gasteiger partial charge in [0, 0.05) is 24.8 Å². The third-order valence-corrected chi connectivity index (χ3v) is 5.41. The summed E-state index contributed by atoms with van der Waals surface area (Å²) in [5.41, 5.74) is 4.97. The van der Waals surface area contributed by atoms with Crippen molar-refractivity contribution in [2.75, 3.05) is 31.7 Å². The van der Waals surface area contributed by atoms with E-state index in [9.17, 15) is 4.79 Å². The number of anilines is 1. The Morgan fingerprint density at radius 3 is 2.63 bits per heavy atom. The number of carbonyl (C=O) groups excluding carboxylic acids is 1. The first-order valence-electron chi connectivity index (χ1n) is 12.7. The van der Waals surface area contributed by atoms with Gasteiger partial charge in [-0.3, -0.25) is 4.79 Å². The van der Waals surface area contributed by atoms with Crippen molar-refractivity contribution in [1.82, 2.24) is 5.16 Å². The standard InChI is InChI=1S/C23H30N2O4.C4H8.C2H6/c1-18-14-19-8-5-6-10-22(19)25(16-18)12-7-3-4-9-20-15-21(29-24-20)17-28-13-11-23(26)27-2;1-3-4-2;1-2/h5-6,8,10,15H,1,3-4,7,9,11-14,16-17H2,2H3;3-4H,1-2H3;1-2H3/b;4-3-;. The summed E-state index contributed by atoms with van der Waals surface area (Å²) in [6.07, 6.45) is 9.49. The highest BCUT2D eigenvalue weighted by Crippen LogP contribution is 2.28. The number of aromatic nitrogens is 1. The van der Waals surface area contributed by atoms with E-state index >= 15 is 0 Å². The number of hydrogen-bond donors (Lipinski definition) is 0. The second-order valence-corrected chi connectivity index (χ2v) is 8.12. The third-order valence-electron chi connectivity index (χ3n) is 5.41. The lowest BCUT2D eigenvalue weighted by Gasteiger charge is -2.32. The van der Waals surface area contributed by atoms with E-state index in [0.29, 0.717) is 19.0 Å². The van der Waals surface area contributed by atoms with E-state index in [1.807, 2.05) is 45.9 Å². The number of esters is 1. The number of para-hydroxylation sites is 1. The first-order valence-corrected chi connectivity index (χ1v) is 12.7. The molecule has 0 fully saturated rings. The number of rotatable bonds is 11. The van der Waals surface area contributed by atoms with Crippen LogP contribution in [0.25, 0.3) is 0 Å². The fourth-order valence-electron chi connectivity index (χ4n) is 3.61. The quantitative estimate of drug-likeness (QED) is 0.201. The van der Waals surface area contributed by atoms with Crippen LogP contribution in [0.4, 0.5) is 5.69 Å². The zero-order chi connectivity index (χ0) is 25.9. The maximum Gasteiger partial charge on any atom is 0.307 e. The van der Waals surface area contributed by atoms with Gasteiger partial charge in [-0.05, 0) is 51.2 Å². The van der Waals surface area contributed by atoms with Crippen LogP contribution in [-0.4, -0.2) is 37.9 Å². The first-order chi connectivity index (χ1) is 17.1. The lowest BCUT2D eigenvalue weighted by atomic mass is 9.98. The zero-order valence-corrected chi connectivity index (χ0v) is 22.3. The van der Waals surface area contributed by atoms with Crippen molar-refractivity contribution in [2.24, 2.45) is 0 Å².